The minimum Gasteiger partial charge on any atom is -0.493 e. The maximum absolute atomic E-state index is 12.5. The fraction of sp³-hybridized carbons (Fsp3) is 0.154. The molecule has 0 saturated heterocycles. The van der Waals surface area contributed by atoms with Gasteiger partial charge in [0.05, 0.1) is 21.3 Å². The summed E-state index contributed by atoms with van der Waals surface area (Å²) >= 11 is 0. The van der Waals surface area contributed by atoms with Crippen molar-refractivity contribution in [3.05, 3.63) is 78.6 Å². The van der Waals surface area contributed by atoms with Crippen LogP contribution in [-0.4, -0.2) is 46.8 Å². The molecule has 0 spiro atoms. The van der Waals surface area contributed by atoms with Crippen molar-refractivity contribution in [2.45, 2.75) is 6.92 Å². The predicted molar refractivity (Wildman–Crippen MR) is 137 cm³/mol. The number of hydrogen-bond acceptors (Lipinski definition) is 8. The third kappa shape index (κ3) is 5.79. The molecule has 0 aliphatic heterocycles. The summed E-state index contributed by atoms with van der Waals surface area (Å²) in [6.45, 7) is 1.83. The van der Waals surface area contributed by atoms with E-state index in [-0.39, 0.29) is 5.91 Å². The van der Waals surface area contributed by atoms with Crippen LogP contribution in [0, 0.1) is 6.92 Å². The van der Waals surface area contributed by atoms with Gasteiger partial charge in [-0.3, -0.25) is 9.36 Å². The zero-order valence-corrected chi connectivity index (χ0v) is 20.4. The third-order valence-electron chi connectivity index (χ3n) is 5.13. The van der Waals surface area contributed by atoms with Crippen LogP contribution in [0.15, 0.2) is 67.3 Å². The topological polar surface area (TPSA) is 112 Å². The van der Waals surface area contributed by atoms with Crippen LogP contribution in [0.4, 0.5) is 17.2 Å². The number of carbonyl (C=O) groups excluding carboxylic acids is 1. The number of imidazole rings is 1. The monoisotopic (exact) mass is 486 g/mol. The second-order valence-electron chi connectivity index (χ2n) is 7.61. The van der Waals surface area contributed by atoms with Gasteiger partial charge in [0, 0.05) is 35.9 Å². The van der Waals surface area contributed by atoms with E-state index in [1.165, 1.54) is 13.2 Å². The first-order chi connectivity index (χ1) is 17.5. The van der Waals surface area contributed by atoms with Gasteiger partial charge < -0.3 is 24.8 Å². The van der Waals surface area contributed by atoms with Gasteiger partial charge in [-0.15, -0.1) is 0 Å². The zero-order valence-electron chi connectivity index (χ0n) is 20.4. The number of nitrogens with zero attached hydrogens (tertiary/aromatic N) is 4. The van der Waals surface area contributed by atoms with Crippen LogP contribution < -0.4 is 24.8 Å². The van der Waals surface area contributed by atoms with E-state index in [9.17, 15) is 4.79 Å². The Kier molecular flexibility index (Phi) is 7.45. The molecule has 4 rings (SSSR count). The number of aromatic nitrogens is 4. The summed E-state index contributed by atoms with van der Waals surface area (Å²) in [5.41, 5.74) is 2.20. The molecule has 36 heavy (non-hydrogen) atoms. The molecule has 10 nitrogen and oxygen atoms in total. The number of methoxy groups -OCH3 is 3. The van der Waals surface area contributed by atoms with E-state index in [2.05, 4.69) is 25.6 Å². The molecule has 0 fully saturated rings. The smallest absolute Gasteiger partial charge is 0.248 e. The molecule has 2 aromatic heterocycles. The number of benzene rings is 2. The van der Waals surface area contributed by atoms with Crippen LogP contribution >= 0.6 is 0 Å². The molecule has 1 amide bonds. The molecule has 0 aliphatic carbocycles. The molecule has 184 valence electrons. The SMILES string of the molecule is COc1cc(/C=C/C(=O)Nc2ccc(Nc3cc(-n4ccnc4)nc(C)n3)cc2)cc(OC)c1OC. The minimum absolute atomic E-state index is 0.277. The first-order valence-corrected chi connectivity index (χ1v) is 11.0. The summed E-state index contributed by atoms with van der Waals surface area (Å²) in [6, 6.07) is 12.7. The van der Waals surface area contributed by atoms with Crippen molar-refractivity contribution in [2.75, 3.05) is 32.0 Å². The van der Waals surface area contributed by atoms with E-state index in [1.54, 1.807) is 57.1 Å². The highest BCUT2D eigenvalue weighted by Crippen LogP contribution is 2.38. The number of rotatable bonds is 9. The quantitative estimate of drug-likeness (QED) is 0.335. The van der Waals surface area contributed by atoms with Crippen LogP contribution in [0.2, 0.25) is 0 Å². The van der Waals surface area contributed by atoms with Gasteiger partial charge in [0.25, 0.3) is 0 Å². The lowest BCUT2D eigenvalue weighted by Crippen LogP contribution is -2.07. The molecule has 2 heterocycles. The minimum atomic E-state index is -0.277. The average Bonchev–Trinajstić information content (AvgIpc) is 3.43. The summed E-state index contributed by atoms with van der Waals surface area (Å²) in [5, 5.41) is 6.10. The Balaban J connectivity index is 1.41. The van der Waals surface area contributed by atoms with Crippen LogP contribution in [-0.2, 0) is 4.79 Å². The normalized spacial score (nSPS) is 10.8. The fourth-order valence-corrected chi connectivity index (χ4v) is 3.48. The highest BCUT2D eigenvalue weighted by molar-refractivity contribution is 6.02. The highest BCUT2D eigenvalue weighted by atomic mass is 16.5. The van der Waals surface area contributed by atoms with Crippen LogP contribution in [0.3, 0.4) is 0 Å². The van der Waals surface area contributed by atoms with Crippen molar-refractivity contribution >= 4 is 29.2 Å². The van der Waals surface area contributed by atoms with Gasteiger partial charge in [0.2, 0.25) is 11.7 Å². The summed E-state index contributed by atoms with van der Waals surface area (Å²) < 4.78 is 17.8. The molecule has 0 bridgehead atoms. The van der Waals surface area contributed by atoms with E-state index in [4.69, 9.17) is 14.2 Å². The van der Waals surface area contributed by atoms with Gasteiger partial charge in [-0.2, -0.15) is 0 Å². The lowest BCUT2D eigenvalue weighted by atomic mass is 10.1. The Hall–Kier alpha value is -4.86. The molecule has 0 radical (unpaired) electrons. The Morgan fingerprint density at radius 3 is 2.25 bits per heavy atom. The average molecular weight is 487 g/mol. The van der Waals surface area contributed by atoms with E-state index >= 15 is 0 Å². The molecular weight excluding hydrogens is 460 g/mol. The largest absolute Gasteiger partial charge is 0.493 e. The van der Waals surface area contributed by atoms with Crippen molar-refractivity contribution in [2.24, 2.45) is 0 Å². The second kappa shape index (κ2) is 11.0. The molecule has 0 unspecified atom stereocenters. The number of amides is 1. The molecule has 4 aromatic rings. The first-order valence-electron chi connectivity index (χ1n) is 11.0. The second-order valence-corrected chi connectivity index (χ2v) is 7.61. The summed E-state index contributed by atoms with van der Waals surface area (Å²) in [6.07, 6.45) is 8.30. The summed E-state index contributed by atoms with van der Waals surface area (Å²) in [4.78, 5) is 25.4. The molecule has 10 heteroatoms. The lowest BCUT2D eigenvalue weighted by Gasteiger charge is -2.12. The van der Waals surface area contributed by atoms with E-state index in [0.717, 1.165) is 11.3 Å². The van der Waals surface area contributed by atoms with Crippen molar-refractivity contribution in [1.82, 2.24) is 19.5 Å². The zero-order chi connectivity index (χ0) is 25.5. The van der Waals surface area contributed by atoms with Gasteiger partial charge in [-0.25, -0.2) is 15.0 Å². The third-order valence-corrected chi connectivity index (χ3v) is 5.13. The van der Waals surface area contributed by atoms with E-state index in [1.807, 2.05) is 35.9 Å². The molecule has 0 atom stereocenters. The molecule has 0 saturated carbocycles. The number of carbonyl (C=O) groups is 1. The Morgan fingerprint density at radius 1 is 0.944 bits per heavy atom. The Labute approximate surface area is 208 Å². The lowest BCUT2D eigenvalue weighted by molar-refractivity contribution is -0.111. The van der Waals surface area contributed by atoms with Crippen LogP contribution in [0.1, 0.15) is 11.4 Å². The summed E-state index contributed by atoms with van der Waals surface area (Å²) in [5.74, 6) is 3.23. The van der Waals surface area contributed by atoms with Gasteiger partial charge >= 0.3 is 0 Å². The van der Waals surface area contributed by atoms with E-state index < -0.39 is 0 Å². The van der Waals surface area contributed by atoms with Gasteiger partial charge in [0.15, 0.2) is 11.5 Å². The predicted octanol–water partition coefficient (Wildman–Crippen LogP) is 4.39. The number of ether oxygens (including phenoxy) is 3. The highest BCUT2D eigenvalue weighted by Gasteiger charge is 2.12. The van der Waals surface area contributed by atoms with Crippen molar-refractivity contribution in [3.8, 4) is 23.1 Å². The fourth-order valence-electron chi connectivity index (χ4n) is 3.48. The van der Waals surface area contributed by atoms with E-state index in [0.29, 0.717) is 40.4 Å². The number of aryl methyl sites for hydroxylation is 1. The van der Waals surface area contributed by atoms with Crippen LogP contribution in [0.5, 0.6) is 17.2 Å². The van der Waals surface area contributed by atoms with Crippen molar-refractivity contribution in [3.63, 3.8) is 0 Å². The maximum atomic E-state index is 12.5. The number of nitrogens with one attached hydrogen (secondary N) is 2. The number of hydrogen-bond donors (Lipinski definition) is 2. The molecule has 0 aliphatic rings. The van der Waals surface area contributed by atoms with Crippen LogP contribution in [0.25, 0.3) is 11.9 Å². The molecular formula is C26H26N6O4. The maximum Gasteiger partial charge on any atom is 0.248 e. The standard InChI is InChI=1S/C26H26N6O4/c1-17-28-23(15-24(29-17)32-12-11-27-16-32)30-19-6-8-20(9-7-19)31-25(33)10-5-18-13-21(34-2)26(36-4)22(14-18)35-3/h5-16H,1-4H3,(H,31,33)(H,28,29,30)/b10-5+. The van der Waals surface area contributed by atoms with Gasteiger partial charge in [0.1, 0.15) is 23.8 Å². The van der Waals surface area contributed by atoms with Crippen molar-refractivity contribution < 1.29 is 19.0 Å². The summed E-state index contributed by atoms with van der Waals surface area (Å²) in [7, 11) is 4.62. The van der Waals surface area contributed by atoms with Crippen molar-refractivity contribution in [1.29, 1.82) is 0 Å². The van der Waals surface area contributed by atoms with Gasteiger partial charge in [-0.1, -0.05) is 0 Å². The number of anilines is 3. The molecule has 2 aromatic carbocycles. The molecule has 2 N–H and O–H groups in total. The first kappa shape index (κ1) is 24.3. The Morgan fingerprint density at radius 2 is 1.64 bits per heavy atom. The Bertz CT molecular complexity index is 1340. The van der Waals surface area contributed by atoms with Gasteiger partial charge in [-0.05, 0) is 55.0 Å².